The van der Waals surface area contributed by atoms with Crippen LogP contribution in [0.25, 0.3) is 0 Å². The predicted molar refractivity (Wildman–Crippen MR) is 65.8 cm³/mol. The molecule has 1 rings (SSSR count). The van der Waals surface area contributed by atoms with Crippen molar-refractivity contribution in [2.24, 2.45) is 5.41 Å². The zero-order chi connectivity index (χ0) is 11.0. The lowest BCUT2D eigenvalue weighted by Gasteiger charge is -2.27. The molecule has 1 saturated carbocycles. The summed E-state index contributed by atoms with van der Waals surface area (Å²) < 4.78 is 0. The van der Waals surface area contributed by atoms with Crippen molar-refractivity contribution in [3.63, 3.8) is 0 Å². The molecule has 2 nitrogen and oxygen atoms in total. The monoisotopic (exact) mass is 208 g/mol. The Balaban J connectivity index is 2.05. The van der Waals surface area contributed by atoms with Crippen molar-refractivity contribution in [2.75, 3.05) is 26.2 Å². The molecule has 0 heterocycles. The van der Waals surface area contributed by atoms with Crippen molar-refractivity contribution >= 4 is 0 Å². The number of hydrogen-bond acceptors (Lipinski definition) is 2. The molecular formula is C13H24N2. The van der Waals surface area contributed by atoms with Gasteiger partial charge in [0.25, 0.3) is 0 Å². The summed E-state index contributed by atoms with van der Waals surface area (Å²) in [6, 6.07) is 0. The van der Waals surface area contributed by atoms with Crippen LogP contribution in [0.5, 0.6) is 0 Å². The molecule has 86 valence electrons. The Morgan fingerprint density at radius 2 is 1.87 bits per heavy atom. The highest BCUT2D eigenvalue weighted by molar-refractivity contribution is 4.87. The van der Waals surface area contributed by atoms with Gasteiger partial charge < -0.3 is 10.6 Å². The summed E-state index contributed by atoms with van der Waals surface area (Å²) in [5.41, 5.74) is 0.603. The molecular weight excluding hydrogens is 184 g/mol. The van der Waals surface area contributed by atoms with Gasteiger partial charge in [-0.2, -0.15) is 0 Å². The first kappa shape index (κ1) is 12.5. The third kappa shape index (κ3) is 4.24. The summed E-state index contributed by atoms with van der Waals surface area (Å²) in [5, 5.41) is 6.74. The lowest BCUT2D eigenvalue weighted by Crippen LogP contribution is -2.35. The Kier molecular flexibility index (Phi) is 5.75. The Morgan fingerprint density at radius 1 is 1.20 bits per heavy atom. The van der Waals surface area contributed by atoms with Crippen molar-refractivity contribution in [2.45, 2.75) is 39.0 Å². The van der Waals surface area contributed by atoms with Gasteiger partial charge in [-0.1, -0.05) is 25.7 Å². The van der Waals surface area contributed by atoms with Crippen LogP contribution in [0.2, 0.25) is 0 Å². The Bertz CT molecular complexity index is 199. The average Bonchev–Trinajstić information content (AvgIpc) is 2.73. The molecule has 1 fully saturated rings. The molecule has 0 aromatic rings. The topological polar surface area (TPSA) is 24.1 Å². The van der Waals surface area contributed by atoms with E-state index in [9.17, 15) is 0 Å². The largest absolute Gasteiger partial charge is 0.315 e. The molecule has 0 aliphatic heterocycles. The van der Waals surface area contributed by atoms with Gasteiger partial charge in [0.2, 0.25) is 0 Å². The maximum atomic E-state index is 5.15. The first-order valence-corrected chi connectivity index (χ1v) is 6.18. The highest BCUT2D eigenvalue weighted by Crippen LogP contribution is 2.40. The SMILES string of the molecule is C#CCNCCNCC1(CC)CCCC1. The predicted octanol–water partition coefficient (Wildman–Crippen LogP) is 1.77. The van der Waals surface area contributed by atoms with E-state index >= 15 is 0 Å². The number of nitrogens with one attached hydrogen (secondary N) is 2. The Morgan fingerprint density at radius 3 is 2.47 bits per heavy atom. The molecule has 0 spiro atoms. The fraction of sp³-hybridized carbons (Fsp3) is 0.846. The van der Waals surface area contributed by atoms with Gasteiger partial charge in [-0.25, -0.2) is 0 Å². The van der Waals surface area contributed by atoms with Crippen LogP contribution >= 0.6 is 0 Å². The molecule has 0 amide bonds. The van der Waals surface area contributed by atoms with E-state index in [0.717, 1.165) is 13.1 Å². The number of terminal acetylenes is 1. The van der Waals surface area contributed by atoms with E-state index in [2.05, 4.69) is 23.5 Å². The maximum Gasteiger partial charge on any atom is 0.0574 e. The summed E-state index contributed by atoms with van der Waals surface area (Å²) in [4.78, 5) is 0. The van der Waals surface area contributed by atoms with E-state index < -0.39 is 0 Å². The minimum Gasteiger partial charge on any atom is -0.315 e. The van der Waals surface area contributed by atoms with Crippen LogP contribution in [-0.4, -0.2) is 26.2 Å². The van der Waals surface area contributed by atoms with E-state index in [4.69, 9.17) is 6.42 Å². The van der Waals surface area contributed by atoms with E-state index in [0.29, 0.717) is 12.0 Å². The normalized spacial score (nSPS) is 18.9. The van der Waals surface area contributed by atoms with Gasteiger partial charge in [-0.15, -0.1) is 6.42 Å². The highest BCUT2D eigenvalue weighted by atomic mass is 14.9. The van der Waals surface area contributed by atoms with Gasteiger partial charge in [-0.05, 0) is 24.7 Å². The zero-order valence-electron chi connectivity index (χ0n) is 9.94. The lowest BCUT2D eigenvalue weighted by molar-refractivity contribution is 0.269. The van der Waals surface area contributed by atoms with Gasteiger partial charge in [0, 0.05) is 19.6 Å². The quantitative estimate of drug-likeness (QED) is 0.492. The molecule has 0 unspecified atom stereocenters. The molecule has 0 radical (unpaired) electrons. The fourth-order valence-electron chi connectivity index (χ4n) is 2.47. The van der Waals surface area contributed by atoms with Gasteiger partial charge in [0.15, 0.2) is 0 Å². The standard InChI is InChI=1S/C13H24N2/c1-3-9-14-10-11-15-12-13(4-2)7-5-6-8-13/h1,14-15H,4-12H2,2H3. The molecule has 2 heteroatoms. The van der Waals surface area contributed by atoms with Crippen LogP contribution in [-0.2, 0) is 0 Å². The molecule has 1 aliphatic carbocycles. The molecule has 2 N–H and O–H groups in total. The van der Waals surface area contributed by atoms with Crippen LogP contribution in [0.1, 0.15) is 39.0 Å². The van der Waals surface area contributed by atoms with Gasteiger partial charge in [0.1, 0.15) is 0 Å². The summed E-state index contributed by atoms with van der Waals surface area (Å²) in [6.07, 6.45) is 12.1. The van der Waals surface area contributed by atoms with Crippen molar-refractivity contribution in [3.05, 3.63) is 0 Å². The van der Waals surface area contributed by atoms with Crippen LogP contribution in [0.4, 0.5) is 0 Å². The molecule has 0 atom stereocenters. The molecule has 15 heavy (non-hydrogen) atoms. The van der Waals surface area contributed by atoms with Crippen LogP contribution in [0.15, 0.2) is 0 Å². The lowest BCUT2D eigenvalue weighted by atomic mass is 9.83. The van der Waals surface area contributed by atoms with E-state index in [-0.39, 0.29) is 0 Å². The molecule has 1 aliphatic rings. The van der Waals surface area contributed by atoms with Gasteiger partial charge in [-0.3, -0.25) is 0 Å². The summed E-state index contributed by atoms with van der Waals surface area (Å²) in [5.74, 6) is 2.58. The molecule has 0 aromatic carbocycles. The van der Waals surface area contributed by atoms with Gasteiger partial charge in [0.05, 0.1) is 6.54 Å². The molecule has 0 saturated heterocycles. The number of hydrogen-bond donors (Lipinski definition) is 2. The smallest absolute Gasteiger partial charge is 0.0574 e. The summed E-state index contributed by atoms with van der Waals surface area (Å²) in [6.45, 7) is 6.19. The van der Waals surface area contributed by atoms with Crippen LogP contribution in [0.3, 0.4) is 0 Å². The highest BCUT2D eigenvalue weighted by Gasteiger charge is 2.31. The van der Waals surface area contributed by atoms with Crippen molar-refractivity contribution in [3.8, 4) is 12.3 Å². The summed E-state index contributed by atoms with van der Waals surface area (Å²) >= 11 is 0. The van der Waals surface area contributed by atoms with Crippen molar-refractivity contribution in [1.29, 1.82) is 0 Å². The van der Waals surface area contributed by atoms with Crippen LogP contribution < -0.4 is 10.6 Å². The molecule has 0 aromatic heterocycles. The average molecular weight is 208 g/mol. The minimum absolute atomic E-state index is 0.603. The maximum absolute atomic E-state index is 5.15. The fourth-order valence-corrected chi connectivity index (χ4v) is 2.47. The Hall–Kier alpha value is -0.520. The second-order valence-electron chi connectivity index (χ2n) is 4.62. The van der Waals surface area contributed by atoms with E-state index in [1.165, 1.54) is 38.6 Å². The zero-order valence-corrected chi connectivity index (χ0v) is 9.94. The third-order valence-corrected chi connectivity index (χ3v) is 3.62. The third-order valence-electron chi connectivity index (χ3n) is 3.62. The second kappa shape index (κ2) is 6.87. The van der Waals surface area contributed by atoms with Crippen LogP contribution in [0, 0.1) is 17.8 Å². The summed E-state index contributed by atoms with van der Waals surface area (Å²) in [7, 11) is 0. The Labute approximate surface area is 94.2 Å². The van der Waals surface area contributed by atoms with Gasteiger partial charge >= 0.3 is 0 Å². The van der Waals surface area contributed by atoms with E-state index in [1.807, 2.05) is 0 Å². The second-order valence-corrected chi connectivity index (χ2v) is 4.62. The first-order chi connectivity index (χ1) is 7.33. The van der Waals surface area contributed by atoms with Crippen molar-refractivity contribution in [1.82, 2.24) is 10.6 Å². The van der Waals surface area contributed by atoms with E-state index in [1.54, 1.807) is 0 Å². The minimum atomic E-state index is 0.603. The first-order valence-electron chi connectivity index (χ1n) is 6.18. The molecule has 0 bridgehead atoms. The number of rotatable bonds is 7. The van der Waals surface area contributed by atoms with Crippen molar-refractivity contribution < 1.29 is 0 Å².